The number of aldehydes is 1. The number of aromatic nitrogens is 1. The fraction of sp³-hybridized carbons (Fsp3) is 0.278. The Morgan fingerprint density at radius 2 is 2.05 bits per heavy atom. The highest BCUT2D eigenvalue weighted by Gasteiger charge is 2.48. The van der Waals surface area contributed by atoms with Crippen molar-refractivity contribution in [2.75, 3.05) is 0 Å². The number of rotatable bonds is 3. The summed E-state index contributed by atoms with van der Waals surface area (Å²) < 4.78 is 5.65. The number of ether oxygens (including phenoxy) is 1. The van der Waals surface area contributed by atoms with Crippen molar-refractivity contribution in [1.82, 2.24) is 4.98 Å². The minimum Gasteiger partial charge on any atom is -0.507 e. The van der Waals surface area contributed by atoms with E-state index in [4.69, 9.17) is 4.74 Å². The molecule has 1 unspecified atom stereocenters. The van der Waals surface area contributed by atoms with Gasteiger partial charge in [-0.15, -0.1) is 0 Å². The summed E-state index contributed by atoms with van der Waals surface area (Å²) in [6.07, 6.45) is 1.36. The molecule has 2 heterocycles. The maximum atomic E-state index is 11.3. The molecule has 4 rings (SSSR count). The predicted molar refractivity (Wildman–Crippen MR) is 85.5 cm³/mol. The van der Waals surface area contributed by atoms with Gasteiger partial charge >= 0.3 is 0 Å². The SMILES string of the molecule is CC1(C)OC1Cc1c(O)c(C=O)cc2c1[nH]c1ccccc12. The van der Waals surface area contributed by atoms with Crippen molar-refractivity contribution in [1.29, 1.82) is 0 Å². The molecule has 22 heavy (non-hydrogen) atoms. The molecule has 1 aliphatic heterocycles. The lowest BCUT2D eigenvalue weighted by molar-refractivity contribution is 0.112. The van der Waals surface area contributed by atoms with Gasteiger partial charge in [0.05, 0.1) is 22.8 Å². The van der Waals surface area contributed by atoms with Crippen molar-refractivity contribution in [3.63, 3.8) is 0 Å². The van der Waals surface area contributed by atoms with Crippen molar-refractivity contribution in [2.24, 2.45) is 0 Å². The molecular weight excluding hydrogens is 278 g/mol. The van der Waals surface area contributed by atoms with Crippen molar-refractivity contribution < 1.29 is 14.6 Å². The Balaban J connectivity index is 1.99. The largest absolute Gasteiger partial charge is 0.507 e. The minimum absolute atomic E-state index is 0.0559. The molecule has 1 saturated heterocycles. The molecule has 3 aromatic rings. The van der Waals surface area contributed by atoms with E-state index < -0.39 is 0 Å². The molecule has 2 aromatic carbocycles. The monoisotopic (exact) mass is 295 g/mol. The zero-order valence-electron chi connectivity index (χ0n) is 12.5. The third-order valence-corrected chi connectivity index (χ3v) is 4.59. The summed E-state index contributed by atoms with van der Waals surface area (Å²) in [6, 6.07) is 9.69. The molecule has 0 bridgehead atoms. The summed E-state index contributed by atoms with van der Waals surface area (Å²) in [6.45, 7) is 4.06. The van der Waals surface area contributed by atoms with Crippen molar-refractivity contribution in [2.45, 2.75) is 32.0 Å². The summed E-state index contributed by atoms with van der Waals surface area (Å²) in [5, 5.41) is 12.5. The molecule has 4 heteroatoms. The lowest BCUT2D eigenvalue weighted by Crippen LogP contribution is -2.07. The van der Waals surface area contributed by atoms with Crippen LogP contribution >= 0.6 is 0 Å². The zero-order valence-corrected chi connectivity index (χ0v) is 12.5. The number of hydrogen-bond acceptors (Lipinski definition) is 3. The van der Waals surface area contributed by atoms with Gasteiger partial charge in [0.15, 0.2) is 6.29 Å². The van der Waals surface area contributed by atoms with Crippen molar-refractivity contribution in [3.8, 4) is 5.75 Å². The van der Waals surface area contributed by atoms with Crippen LogP contribution in [0.1, 0.15) is 29.8 Å². The fourth-order valence-electron chi connectivity index (χ4n) is 3.16. The molecule has 4 nitrogen and oxygen atoms in total. The average molecular weight is 295 g/mol. The number of benzene rings is 2. The number of epoxide rings is 1. The summed E-state index contributed by atoms with van der Waals surface area (Å²) in [5.74, 6) is 0.0559. The minimum atomic E-state index is -0.165. The molecule has 112 valence electrons. The second-order valence-electron chi connectivity index (χ2n) is 6.42. The van der Waals surface area contributed by atoms with E-state index in [1.54, 1.807) is 6.07 Å². The van der Waals surface area contributed by atoms with Gasteiger partial charge in [0.2, 0.25) is 0 Å². The van der Waals surface area contributed by atoms with Gasteiger partial charge in [-0.25, -0.2) is 0 Å². The van der Waals surface area contributed by atoms with Crippen LogP contribution < -0.4 is 0 Å². The number of fused-ring (bicyclic) bond motifs is 3. The van der Waals surface area contributed by atoms with Gasteiger partial charge < -0.3 is 14.8 Å². The van der Waals surface area contributed by atoms with E-state index in [2.05, 4.69) is 4.98 Å². The summed E-state index contributed by atoms with van der Waals surface area (Å²) >= 11 is 0. The van der Waals surface area contributed by atoms with Crippen LogP contribution in [0.25, 0.3) is 21.8 Å². The van der Waals surface area contributed by atoms with Crippen LogP contribution in [0.5, 0.6) is 5.75 Å². The molecule has 0 saturated carbocycles. The Bertz CT molecular complexity index is 907. The van der Waals surface area contributed by atoms with E-state index in [-0.39, 0.29) is 17.5 Å². The fourth-order valence-corrected chi connectivity index (χ4v) is 3.16. The van der Waals surface area contributed by atoms with Gasteiger partial charge in [0.1, 0.15) is 5.75 Å². The molecule has 1 atom stereocenters. The van der Waals surface area contributed by atoms with Gasteiger partial charge in [-0.3, -0.25) is 4.79 Å². The molecule has 0 aliphatic carbocycles. The molecular formula is C18H17NO3. The lowest BCUT2D eigenvalue weighted by Gasteiger charge is -2.08. The number of H-pyrrole nitrogens is 1. The smallest absolute Gasteiger partial charge is 0.153 e. The second kappa shape index (κ2) is 4.34. The highest BCUT2D eigenvalue weighted by atomic mass is 16.6. The third-order valence-electron chi connectivity index (χ3n) is 4.59. The lowest BCUT2D eigenvalue weighted by atomic mass is 9.97. The highest BCUT2D eigenvalue weighted by Crippen LogP contribution is 2.42. The number of aromatic amines is 1. The molecule has 1 aromatic heterocycles. The van der Waals surface area contributed by atoms with Gasteiger partial charge in [-0.1, -0.05) is 18.2 Å². The van der Waals surface area contributed by atoms with E-state index >= 15 is 0 Å². The summed E-state index contributed by atoms with van der Waals surface area (Å²) in [5.41, 5.74) is 2.80. The first kappa shape index (κ1) is 13.3. The van der Waals surface area contributed by atoms with E-state index in [0.29, 0.717) is 18.3 Å². The Morgan fingerprint density at radius 3 is 2.73 bits per heavy atom. The van der Waals surface area contributed by atoms with Crippen LogP contribution in [0.3, 0.4) is 0 Å². The average Bonchev–Trinajstić information content (AvgIpc) is 2.93. The van der Waals surface area contributed by atoms with Gasteiger partial charge in [0, 0.05) is 28.3 Å². The van der Waals surface area contributed by atoms with Crippen molar-refractivity contribution in [3.05, 3.63) is 41.5 Å². The van der Waals surface area contributed by atoms with Crippen LogP contribution in [-0.2, 0) is 11.2 Å². The van der Waals surface area contributed by atoms with Crippen LogP contribution in [0.15, 0.2) is 30.3 Å². The van der Waals surface area contributed by atoms with Gasteiger partial charge in [-0.2, -0.15) is 0 Å². The van der Waals surface area contributed by atoms with Crippen LogP contribution in [0.2, 0.25) is 0 Å². The van der Waals surface area contributed by atoms with Crippen LogP contribution in [-0.4, -0.2) is 28.1 Å². The molecule has 2 N–H and O–H groups in total. The summed E-state index contributed by atoms with van der Waals surface area (Å²) in [7, 11) is 0. The number of phenols is 1. The first-order valence-electron chi connectivity index (χ1n) is 7.39. The number of nitrogens with one attached hydrogen (secondary N) is 1. The number of phenolic OH excluding ortho intramolecular Hbond substituents is 1. The van der Waals surface area contributed by atoms with E-state index in [9.17, 15) is 9.90 Å². The standard InChI is InChI=1S/C18H17NO3/c1-18(2)15(22-18)8-13-16-12(7-10(9-20)17(13)21)11-5-3-4-6-14(11)19-16/h3-7,9,15,19,21H,8H2,1-2H3. The third kappa shape index (κ3) is 1.84. The molecule has 0 spiro atoms. The predicted octanol–water partition coefficient (Wildman–Crippen LogP) is 3.56. The topological polar surface area (TPSA) is 65.6 Å². The molecule has 0 radical (unpaired) electrons. The zero-order chi connectivity index (χ0) is 15.5. The number of carbonyl (C=O) groups excluding carboxylic acids is 1. The molecule has 1 fully saturated rings. The van der Waals surface area contributed by atoms with Crippen LogP contribution in [0, 0.1) is 0 Å². The quantitative estimate of drug-likeness (QED) is 0.573. The molecule has 1 aliphatic rings. The number of carbonyl (C=O) groups is 1. The number of hydrogen-bond donors (Lipinski definition) is 2. The Morgan fingerprint density at radius 1 is 1.32 bits per heavy atom. The van der Waals surface area contributed by atoms with Gasteiger partial charge in [0.25, 0.3) is 0 Å². The second-order valence-corrected chi connectivity index (χ2v) is 6.42. The Labute approximate surface area is 127 Å². The highest BCUT2D eigenvalue weighted by molar-refractivity contribution is 6.10. The van der Waals surface area contributed by atoms with Crippen molar-refractivity contribution >= 4 is 28.1 Å². The molecule has 0 amide bonds. The maximum Gasteiger partial charge on any atom is 0.153 e. The maximum absolute atomic E-state index is 11.3. The number of aromatic hydroxyl groups is 1. The van der Waals surface area contributed by atoms with E-state index in [0.717, 1.165) is 27.4 Å². The number of para-hydroxylation sites is 1. The Kier molecular flexibility index (Phi) is 2.63. The van der Waals surface area contributed by atoms with E-state index in [1.165, 1.54) is 0 Å². The van der Waals surface area contributed by atoms with E-state index in [1.807, 2.05) is 38.1 Å². The first-order chi connectivity index (χ1) is 10.5. The Hall–Kier alpha value is -2.33. The summed E-state index contributed by atoms with van der Waals surface area (Å²) in [4.78, 5) is 14.7. The normalized spacial score (nSPS) is 19.6. The van der Waals surface area contributed by atoms with Crippen LogP contribution in [0.4, 0.5) is 0 Å². The van der Waals surface area contributed by atoms with Gasteiger partial charge in [-0.05, 0) is 26.0 Å². The first-order valence-corrected chi connectivity index (χ1v) is 7.39.